The third kappa shape index (κ3) is 3.79. The van der Waals surface area contributed by atoms with Crippen LogP contribution in [0.1, 0.15) is 25.0 Å². The van der Waals surface area contributed by atoms with E-state index >= 15 is 0 Å². The first-order valence-electron chi connectivity index (χ1n) is 7.83. The number of rotatable bonds is 7. The molecule has 0 radical (unpaired) electrons. The second-order valence-electron chi connectivity index (χ2n) is 6.18. The number of halogens is 1. The minimum absolute atomic E-state index is 0.0615. The van der Waals surface area contributed by atoms with Crippen LogP contribution in [0.3, 0.4) is 0 Å². The van der Waals surface area contributed by atoms with Crippen LogP contribution in [-0.4, -0.2) is 24.2 Å². The summed E-state index contributed by atoms with van der Waals surface area (Å²) in [7, 11) is 0. The lowest BCUT2D eigenvalue weighted by Gasteiger charge is -2.12. The van der Waals surface area contributed by atoms with Gasteiger partial charge in [-0.3, -0.25) is 4.79 Å². The smallest absolute Gasteiger partial charge is 0.220 e. The van der Waals surface area contributed by atoms with Crippen LogP contribution in [0.25, 0.3) is 11.3 Å². The van der Waals surface area contributed by atoms with E-state index in [-0.39, 0.29) is 23.7 Å². The van der Waals surface area contributed by atoms with Crippen LogP contribution in [0.5, 0.6) is 0 Å². The molecule has 1 amide bonds. The Kier molecular flexibility index (Phi) is 4.48. The number of hydrogen-bond acceptors (Lipinski definition) is 3. The number of amides is 1. The minimum atomic E-state index is -0.329. The highest BCUT2D eigenvalue weighted by atomic mass is 19.1. The summed E-state index contributed by atoms with van der Waals surface area (Å²) in [6.45, 7) is 0.651. The van der Waals surface area contributed by atoms with Crippen molar-refractivity contribution in [3.63, 3.8) is 0 Å². The average molecular weight is 317 g/mol. The van der Waals surface area contributed by atoms with E-state index in [2.05, 4.69) is 5.32 Å². The normalized spacial score (nSPS) is 15.4. The number of aryl methyl sites for hydroxylation is 1. The molecule has 1 aromatic heterocycles. The highest BCUT2D eigenvalue weighted by Crippen LogP contribution is 2.44. The molecule has 0 aliphatic heterocycles. The number of benzene rings is 1. The van der Waals surface area contributed by atoms with Gasteiger partial charge in [-0.05, 0) is 37.1 Å². The number of aliphatic hydroxyl groups is 1. The molecule has 1 aliphatic carbocycles. The minimum Gasteiger partial charge on any atom is -0.461 e. The monoisotopic (exact) mass is 317 g/mol. The molecule has 3 rings (SSSR count). The van der Waals surface area contributed by atoms with E-state index in [9.17, 15) is 14.3 Å². The molecule has 0 unspecified atom stereocenters. The first-order chi connectivity index (χ1) is 11.1. The van der Waals surface area contributed by atoms with Gasteiger partial charge in [0.1, 0.15) is 17.3 Å². The van der Waals surface area contributed by atoms with Gasteiger partial charge in [0.05, 0.1) is 12.2 Å². The highest BCUT2D eigenvalue weighted by Gasteiger charge is 2.41. The number of nitrogens with one attached hydrogen (secondary N) is 1. The van der Waals surface area contributed by atoms with E-state index in [1.165, 1.54) is 6.07 Å². The summed E-state index contributed by atoms with van der Waals surface area (Å²) in [6.07, 6.45) is 2.71. The summed E-state index contributed by atoms with van der Waals surface area (Å²) < 4.78 is 19.3. The maximum absolute atomic E-state index is 13.7. The van der Waals surface area contributed by atoms with Crippen LogP contribution >= 0.6 is 0 Å². The molecule has 1 heterocycles. The molecule has 0 bridgehead atoms. The molecule has 1 aromatic carbocycles. The maximum Gasteiger partial charge on any atom is 0.220 e. The van der Waals surface area contributed by atoms with Crippen LogP contribution in [0.2, 0.25) is 0 Å². The fourth-order valence-corrected chi connectivity index (χ4v) is 2.50. The molecule has 2 N–H and O–H groups in total. The Hall–Kier alpha value is -2.14. The van der Waals surface area contributed by atoms with Crippen molar-refractivity contribution in [2.24, 2.45) is 5.41 Å². The van der Waals surface area contributed by atoms with Gasteiger partial charge in [-0.25, -0.2) is 4.39 Å². The topological polar surface area (TPSA) is 62.5 Å². The molecule has 1 saturated carbocycles. The van der Waals surface area contributed by atoms with Gasteiger partial charge in [-0.1, -0.05) is 12.1 Å². The first-order valence-corrected chi connectivity index (χ1v) is 7.83. The van der Waals surface area contributed by atoms with Crippen LogP contribution in [0, 0.1) is 11.2 Å². The van der Waals surface area contributed by atoms with E-state index < -0.39 is 0 Å². The summed E-state index contributed by atoms with van der Waals surface area (Å²) in [5, 5.41) is 12.1. The molecule has 23 heavy (non-hydrogen) atoms. The Balaban J connectivity index is 1.51. The van der Waals surface area contributed by atoms with Gasteiger partial charge in [0.2, 0.25) is 5.91 Å². The zero-order valence-electron chi connectivity index (χ0n) is 12.8. The Labute approximate surface area is 134 Å². The van der Waals surface area contributed by atoms with Gasteiger partial charge in [0, 0.05) is 24.8 Å². The zero-order valence-corrected chi connectivity index (χ0v) is 12.8. The van der Waals surface area contributed by atoms with Crippen LogP contribution < -0.4 is 5.32 Å². The lowest BCUT2D eigenvalue weighted by atomic mass is 10.1. The summed E-state index contributed by atoms with van der Waals surface area (Å²) in [4.78, 5) is 11.8. The SMILES string of the molecule is O=C(CCc1ccc(-c2ccccc2F)o1)NCC1(CO)CC1. The van der Waals surface area contributed by atoms with Gasteiger partial charge < -0.3 is 14.8 Å². The standard InChI is InChI=1S/C18H20FNO3/c19-15-4-2-1-3-14(15)16-7-5-13(23-16)6-8-17(22)20-11-18(12-21)9-10-18/h1-5,7,21H,6,8-12H2,(H,20,22). The lowest BCUT2D eigenvalue weighted by Crippen LogP contribution is -2.31. The quantitative estimate of drug-likeness (QED) is 0.825. The van der Waals surface area contributed by atoms with Crippen LogP contribution in [-0.2, 0) is 11.2 Å². The van der Waals surface area contributed by atoms with Crippen molar-refractivity contribution in [3.8, 4) is 11.3 Å². The second kappa shape index (κ2) is 6.54. The summed E-state index contributed by atoms with van der Waals surface area (Å²) in [5.41, 5.74) is 0.333. The molecule has 1 fully saturated rings. The molecule has 0 spiro atoms. The Bertz CT molecular complexity index is 691. The molecule has 5 heteroatoms. The van der Waals surface area contributed by atoms with Gasteiger partial charge in [0.15, 0.2) is 0 Å². The molecule has 0 saturated heterocycles. The van der Waals surface area contributed by atoms with Crippen molar-refractivity contribution in [1.82, 2.24) is 5.32 Å². The number of carbonyl (C=O) groups is 1. The summed E-state index contributed by atoms with van der Waals surface area (Å²) in [5.74, 6) is 0.732. The average Bonchev–Trinajstić information content (AvgIpc) is 3.20. The van der Waals surface area contributed by atoms with Crippen molar-refractivity contribution in [1.29, 1.82) is 0 Å². The summed E-state index contributed by atoms with van der Waals surface area (Å²) >= 11 is 0. The zero-order chi connectivity index (χ0) is 16.3. The molecule has 0 atom stereocenters. The molecular formula is C18H20FNO3. The third-order valence-electron chi connectivity index (χ3n) is 4.35. The van der Waals surface area contributed by atoms with Crippen molar-refractivity contribution >= 4 is 5.91 Å². The van der Waals surface area contributed by atoms with Crippen molar-refractivity contribution in [2.75, 3.05) is 13.2 Å². The Morgan fingerprint density at radius 1 is 1.26 bits per heavy atom. The van der Waals surface area contributed by atoms with Crippen molar-refractivity contribution in [2.45, 2.75) is 25.7 Å². The lowest BCUT2D eigenvalue weighted by molar-refractivity contribution is -0.121. The van der Waals surface area contributed by atoms with E-state index in [1.807, 2.05) is 0 Å². The van der Waals surface area contributed by atoms with Crippen LogP contribution in [0.15, 0.2) is 40.8 Å². The second-order valence-corrected chi connectivity index (χ2v) is 6.18. The van der Waals surface area contributed by atoms with E-state index in [1.54, 1.807) is 30.3 Å². The number of aliphatic hydroxyl groups excluding tert-OH is 1. The van der Waals surface area contributed by atoms with Gasteiger partial charge >= 0.3 is 0 Å². The number of carbonyl (C=O) groups excluding carboxylic acids is 1. The highest BCUT2D eigenvalue weighted by molar-refractivity contribution is 5.76. The fourth-order valence-electron chi connectivity index (χ4n) is 2.50. The largest absolute Gasteiger partial charge is 0.461 e. The van der Waals surface area contributed by atoms with Crippen molar-refractivity contribution in [3.05, 3.63) is 48.0 Å². The maximum atomic E-state index is 13.7. The molecule has 1 aliphatic rings. The van der Waals surface area contributed by atoms with Crippen molar-refractivity contribution < 1.29 is 18.7 Å². The molecular weight excluding hydrogens is 297 g/mol. The van der Waals surface area contributed by atoms with E-state index in [4.69, 9.17) is 4.42 Å². The Morgan fingerprint density at radius 3 is 2.74 bits per heavy atom. The van der Waals surface area contributed by atoms with E-state index in [0.717, 1.165) is 12.8 Å². The molecule has 2 aromatic rings. The van der Waals surface area contributed by atoms with Crippen LogP contribution in [0.4, 0.5) is 4.39 Å². The molecule has 4 nitrogen and oxygen atoms in total. The first kappa shape index (κ1) is 15.7. The predicted octanol–water partition coefficient (Wildman–Crippen LogP) is 2.91. The van der Waals surface area contributed by atoms with Gasteiger partial charge in [0.25, 0.3) is 0 Å². The number of hydrogen-bond donors (Lipinski definition) is 2. The van der Waals surface area contributed by atoms with Gasteiger partial charge in [-0.2, -0.15) is 0 Å². The fraction of sp³-hybridized carbons (Fsp3) is 0.389. The third-order valence-corrected chi connectivity index (χ3v) is 4.35. The Morgan fingerprint density at radius 2 is 2.04 bits per heavy atom. The molecule has 122 valence electrons. The van der Waals surface area contributed by atoms with E-state index in [0.29, 0.717) is 36.5 Å². The number of furan rings is 1. The summed E-state index contributed by atoms with van der Waals surface area (Å²) in [6, 6.07) is 9.92. The predicted molar refractivity (Wildman–Crippen MR) is 84.2 cm³/mol. The van der Waals surface area contributed by atoms with Gasteiger partial charge in [-0.15, -0.1) is 0 Å².